The van der Waals surface area contributed by atoms with E-state index in [2.05, 4.69) is 20.5 Å². The fourth-order valence-corrected chi connectivity index (χ4v) is 6.37. The second-order valence-electron chi connectivity index (χ2n) is 9.07. The molecule has 0 fully saturated rings. The number of hydrogen-bond acceptors (Lipinski definition) is 5. The van der Waals surface area contributed by atoms with Crippen LogP contribution in [0.2, 0.25) is 0 Å². The van der Waals surface area contributed by atoms with E-state index in [9.17, 15) is 17.6 Å². The number of fused-ring (bicyclic) bond motifs is 2. The van der Waals surface area contributed by atoms with Crippen LogP contribution in [0, 0.1) is 5.82 Å². The van der Waals surface area contributed by atoms with Crippen LogP contribution in [0.1, 0.15) is 11.1 Å². The predicted octanol–water partition coefficient (Wildman–Crippen LogP) is 4.52. The molecule has 0 radical (unpaired) electrons. The first kappa shape index (κ1) is 24.0. The molecule has 190 valence electrons. The Kier molecular flexibility index (Phi) is 5.97. The van der Waals surface area contributed by atoms with Crippen molar-refractivity contribution in [3.8, 4) is 11.4 Å². The molecule has 4 aromatic carbocycles. The van der Waals surface area contributed by atoms with Crippen molar-refractivity contribution in [3.05, 3.63) is 108 Å². The number of aromatic amines is 1. The van der Waals surface area contributed by atoms with Gasteiger partial charge < -0.3 is 5.32 Å². The summed E-state index contributed by atoms with van der Waals surface area (Å²) in [4.78, 5) is 17.8. The number of hydrogen-bond donors (Lipinski definition) is 2. The monoisotopic (exact) mass is 527 g/mol. The Balaban J connectivity index is 1.37. The molecular weight excluding hydrogens is 505 g/mol. The molecular formula is C28H22FN5O3S. The van der Waals surface area contributed by atoms with E-state index in [0.29, 0.717) is 11.4 Å². The van der Waals surface area contributed by atoms with Crippen molar-refractivity contribution in [2.45, 2.75) is 23.9 Å². The predicted molar refractivity (Wildman–Crippen MR) is 141 cm³/mol. The van der Waals surface area contributed by atoms with E-state index in [1.807, 2.05) is 48.5 Å². The van der Waals surface area contributed by atoms with Gasteiger partial charge in [0.15, 0.2) is 5.82 Å². The quantitative estimate of drug-likeness (QED) is 0.350. The smallest absolute Gasteiger partial charge is 0.244 e. The van der Waals surface area contributed by atoms with Crippen LogP contribution in [0.3, 0.4) is 0 Å². The number of nitrogens with one attached hydrogen (secondary N) is 2. The van der Waals surface area contributed by atoms with Crippen LogP contribution in [0.5, 0.6) is 0 Å². The zero-order valence-corrected chi connectivity index (χ0v) is 20.8. The second-order valence-corrected chi connectivity index (χ2v) is 11.0. The van der Waals surface area contributed by atoms with Crippen molar-refractivity contribution in [2.75, 3.05) is 5.32 Å². The van der Waals surface area contributed by atoms with Crippen LogP contribution in [0.4, 0.5) is 10.1 Å². The Morgan fingerprint density at radius 2 is 1.71 bits per heavy atom. The number of rotatable bonds is 5. The Morgan fingerprint density at radius 3 is 2.50 bits per heavy atom. The molecule has 0 bridgehead atoms. The fraction of sp³-hybridized carbons (Fsp3) is 0.107. The first-order chi connectivity index (χ1) is 18.4. The third-order valence-corrected chi connectivity index (χ3v) is 8.60. The maximum Gasteiger partial charge on any atom is 0.244 e. The Morgan fingerprint density at radius 1 is 0.947 bits per heavy atom. The molecule has 0 saturated heterocycles. The van der Waals surface area contributed by atoms with E-state index in [0.717, 1.165) is 21.9 Å². The largest absolute Gasteiger partial charge is 0.322 e. The van der Waals surface area contributed by atoms with Gasteiger partial charge >= 0.3 is 0 Å². The first-order valence-electron chi connectivity index (χ1n) is 11.9. The van der Waals surface area contributed by atoms with Crippen molar-refractivity contribution in [3.63, 3.8) is 0 Å². The Bertz CT molecular complexity index is 1770. The maximum absolute atomic E-state index is 14.7. The minimum absolute atomic E-state index is 0.0179. The van der Waals surface area contributed by atoms with Gasteiger partial charge in [-0.15, -0.1) is 0 Å². The standard InChI is InChI=1S/C28H22FN5O3S/c29-24-12-10-21(27-30-17-31-33-27)14-25(24)32-28(35)26-15-20-7-3-4-8-22(20)16-34(26)38(36,37)23-11-9-18-5-1-2-6-19(18)13-23/h1-14,17,26H,15-16H2,(H,32,35)(H,30,31,33). The number of benzene rings is 4. The lowest BCUT2D eigenvalue weighted by atomic mass is 9.95. The van der Waals surface area contributed by atoms with Crippen LogP contribution in [0.25, 0.3) is 22.2 Å². The zero-order chi connectivity index (χ0) is 26.3. The summed E-state index contributed by atoms with van der Waals surface area (Å²) in [6.45, 7) is 0.0179. The summed E-state index contributed by atoms with van der Waals surface area (Å²) < 4.78 is 43.8. The van der Waals surface area contributed by atoms with Crippen molar-refractivity contribution >= 4 is 32.4 Å². The maximum atomic E-state index is 14.7. The molecule has 1 amide bonds. The van der Waals surface area contributed by atoms with Gasteiger partial charge in [0.2, 0.25) is 15.9 Å². The highest BCUT2D eigenvalue weighted by Crippen LogP contribution is 2.32. The molecule has 1 unspecified atom stereocenters. The molecule has 2 heterocycles. The normalized spacial score (nSPS) is 15.8. The Hall–Kier alpha value is -4.41. The Labute approximate surface area is 218 Å². The topological polar surface area (TPSA) is 108 Å². The van der Waals surface area contributed by atoms with Gasteiger partial charge in [-0.3, -0.25) is 9.89 Å². The summed E-state index contributed by atoms with van der Waals surface area (Å²) >= 11 is 0. The highest BCUT2D eigenvalue weighted by atomic mass is 32.2. The lowest BCUT2D eigenvalue weighted by Gasteiger charge is -2.35. The zero-order valence-electron chi connectivity index (χ0n) is 20.0. The molecule has 1 aliphatic heterocycles. The number of sulfonamides is 1. The van der Waals surface area contributed by atoms with Gasteiger partial charge in [0.1, 0.15) is 18.2 Å². The number of carbonyl (C=O) groups is 1. The van der Waals surface area contributed by atoms with Gasteiger partial charge in [0, 0.05) is 12.1 Å². The second kappa shape index (κ2) is 9.47. The molecule has 0 saturated carbocycles. The van der Waals surface area contributed by atoms with Gasteiger partial charge in [0.05, 0.1) is 10.6 Å². The number of halogens is 1. The molecule has 10 heteroatoms. The third-order valence-electron chi connectivity index (χ3n) is 6.75. The fourth-order valence-electron chi connectivity index (χ4n) is 4.77. The van der Waals surface area contributed by atoms with Crippen LogP contribution in [-0.2, 0) is 27.8 Å². The molecule has 0 spiro atoms. The summed E-state index contributed by atoms with van der Waals surface area (Å²) in [6, 6.07) is 22.9. The molecule has 38 heavy (non-hydrogen) atoms. The van der Waals surface area contributed by atoms with E-state index in [1.54, 1.807) is 18.2 Å². The van der Waals surface area contributed by atoms with E-state index in [-0.39, 0.29) is 23.5 Å². The van der Waals surface area contributed by atoms with Gasteiger partial charge in [-0.05, 0) is 58.7 Å². The number of nitrogens with zero attached hydrogens (tertiary/aromatic N) is 3. The lowest BCUT2D eigenvalue weighted by molar-refractivity contribution is -0.120. The van der Waals surface area contributed by atoms with Gasteiger partial charge in [-0.2, -0.15) is 9.40 Å². The number of amides is 1. The van der Waals surface area contributed by atoms with Crippen LogP contribution in [-0.4, -0.2) is 39.9 Å². The van der Waals surface area contributed by atoms with Gasteiger partial charge in [0.25, 0.3) is 0 Å². The first-order valence-corrected chi connectivity index (χ1v) is 13.4. The molecule has 5 aromatic rings. The molecule has 1 aromatic heterocycles. The SMILES string of the molecule is O=C(Nc1cc(-c2ncn[nH]2)ccc1F)C1Cc2ccccc2CN1S(=O)(=O)c1ccc2ccccc2c1. The van der Waals surface area contributed by atoms with E-state index in [4.69, 9.17) is 0 Å². The molecule has 1 aliphatic rings. The minimum Gasteiger partial charge on any atom is -0.322 e. The van der Waals surface area contributed by atoms with Crippen molar-refractivity contribution in [1.29, 1.82) is 0 Å². The van der Waals surface area contributed by atoms with E-state index in [1.165, 1.54) is 28.8 Å². The van der Waals surface area contributed by atoms with E-state index < -0.39 is 27.8 Å². The number of H-pyrrole nitrogens is 1. The van der Waals surface area contributed by atoms with Crippen LogP contribution in [0.15, 0.2) is 96.2 Å². The number of anilines is 1. The lowest BCUT2D eigenvalue weighted by Crippen LogP contribution is -2.50. The van der Waals surface area contributed by atoms with Gasteiger partial charge in [-0.25, -0.2) is 17.8 Å². The van der Waals surface area contributed by atoms with Crippen LogP contribution >= 0.6 is 0 Å². The third kappa shape index (κ3) is 4.33. The number of aromatic nitrogens is 3. The van der Waals surface area contributed by atoms with Crippen molar-refractivity contribution in [1.82, 2.24) is 19.5 Å². The summed E-state index contributed by atoms with van der Waals surface area (Å²) in [5.41, 5.74) is 2.13. The highest BCUT2D eigenvalue weighted by Gasteiger charge is 2.40. The summed E-state index contributed by atoms with van der Waals surface area (Å²) in [5, 5.41) is 10.8. The minimum atomic E-state index is -4.08. The summed E-state index contributed by atoms with van der Waals surface area (Å²) in [6.07, 6.45) is 1.48. The van der Waals surface area contributed by atoms with E-state index >= 15 is 0 Å². The highest BCUT2D eigenvalue weighted by molar-refractivity contribution is 7.89. The average molecular weight is 528 g/mol. The molecule has 6 rings (SSSR count). The molecule has 2 N–H and O–H groups in total. The van der Waals surface area contributed by atoms with Gasteiger partial charge in [-0.1, -0.05) is 54.6 Å². The van der Waals surface area contributed by atoms with Crippen LogP contribution < -0.4 is 5.32 Å². The van der Waals surface area contributed by atoms with Crippen molar-refractivity contribution in [2.24, 2.45) is 0 Å². The molecule has 0 aliphatic carbocycles. The molecule has 8 nitrogen and oxygen atoms in total. The summed E-state index contributed by atoms with van der Waals surface area (Å²) in [5.74, 6) is -0.869. The molecule has 1 atom stereocenters. The average Bonchev–Trinajstić information content (AvgIpc) is 3.48. The van der Waals surface area contributed by atoms with Crippen molar-refractivity contribution < 1.29 is 17.6 Å². The number of carbonyl (C=O) groups excluding carboxylic acids is 1. The summed E-state index contributed by atoms with van der Waals surface area (Å²) in [7, 11) is -4.08.